The third-order valence-electron chi connectivity index (χ3n) is 3.40. The smallest absolute Gasteiger partial charge is 0.340 e. The molecule has 0 radical (unpaired) electrons. The van der Waals surface area contributed by atoms with Gasteiger partial charge in [-0.1, -0.05) is 24.8 Å². The molecule has 0 aliphatic rings. The first-order valence-corrected chi connectivity index (χ1v) is 7.75. The summed E-state index contributed by atoms with van der Waals surface area (Å²) in [6.07, 6.45) is 1.49. The van der Waals surface area contributed by atoms with Gasteiger partial charge in [-0.25, -0.2) is 4.79 Å². The van der Waals surface area contributed by atoms with E-state index >= 15 is 0 Å². The highest BCUT2D eigenvalue weighted by Gasteiger charge is 2.19. The van der Waals surface area contributed by atoms with Crippen LogP contribution < -0.4 is 4.74 Å². The molecule has 0 aliphatic heterocycles. The molecule has 5 heteroatoms. The third kappa shape index (κ3) is 3.74. The van der Waals surface area contributed by atoms with Crippen LogP contribution in [0.2, 0.25) is 0 Å². The van der Waals surface area contributed by atoms with Crippen molar-refractivity contribution in [2.24, 2.45) is 0 Å². The number of nitrogens with zero attached hydrogens (tertiary/aromatic N) is 1. The Hall–Kier alpha value is -2.82. The van der Waals surface area contributed by atoms with Crippen LogP contribution in [0.4, 0.5) is 0 Å². The standard InChI is InChI=1S/C19H21NO4/c1-5-23-13(3)17-11-15(14-9-7-8-10-18(14)22-4)16(12-20-17)19(21)24-6-2/h7-12H,3,5-6H2,1-2,4H3. The van der Waals surface area contributed by atoms with Crippen molar-refractivity contribution in [1.82, 2.24) is 4.98 Å². The summed E-state index contributed by atoms with van der Waals surface area (Å²) >= 11 is 0. The van der Waals surface area contributed by atoms with Gasteiger partial charge in [0, 0.05) is 17.3 Å². The number of methoxy groups -OCH3 is 1. The Labute approximate surface area is 141 Å². The third-order valence-corrected chi connectivity index (χ3v) is 3.40. The summed E-state index contributed by atoms with van der Waals surface area (Å²) in [6.45, 7) is 8.29. The van der Waals surface area contributed by atoms with E-state index in [1.807, 2.05) is 31.2 Å². The molecule has 0 saturated carbocycles. The largest absolute Gasteiger partial charge is 0.496 e. The fourth-order valence-corrected chi connectivity index (χ4v) is 2.32. The van der Waals surface area contributed by atoms with Crippen LogP contribution in [0.1, 0.15) is 29.9 Å². The summed E-state index contributed by atoms with van der Waals surface area (Å²) in [5.74, 6) is 0.672. The number of pyridine rings is 1. The predicted molar refractivity (Wildman–Crippen MR) is 92.8 cm³/mol. The van der Waals surface area contributed by atoms with Crippen LogP contribution in [-0.2, 0) is 9.47 Å². The van der Waals surface area contributed by atoms with Gasteiger partial charge in [0.2, 0.25) is 0 Å². The summed E-state index contributed by atoms with van der Waals surface area (Å²) in [5.41, 5.74) is 2.37. The van der Waals surface area contributed by atoms with Crippen LogP contribution in [0, 0.1) is 0 Å². The Bertz CT molecular complexity index is 740. The van der Waals surface area contributed by atoms with Crippen LogP contribution in [-0.4, -0.2) is 31.3 Å². The van der Waals surface area contributed by atoms with E-state index in [1.165, 1.54) is 6.20 Å². The van der Waals surface area contributed by atoms with Crippen molar-refractivity contribution >= 4 is 11.7 Å². The first kappa shape index (κ1) is 17.5. The number of carbonyl (C=O) groups is 1. The molecule has 0 atom stereocenters. The van der Waals surface area contributed by atoms with Crippen molar-refractivity contribution in [3.8, 4) is 16.9 Å². The van der Waals surface area contributed by atoms with Crippen molar-refractivity contribution in [3.63, 3.8) is 0 Å². The molecule has 0 saturated heterocycles. The second-order valence-electron chi connectivity index (χ2n) is 4.89. The van der Waals surface area contributed by atoms with Crippen molar-refractivity contribution < 1.29 is 19.0 Å². The maximum absolute atomic E-state index is 12.3. The van der Waals surface area contributed by atoms with Gasteiger partial charge in [0.25, 0.3) is 0 Å². The molecule has 0 unspecified atom stereocenters. The average molecular weight is 327 g/mol. The number of ether oxygens (including phenoxy) is 3. The van der Waals surface area contributed by atoms with Gasteiger partial charge in [-0.05, 0) is 26.0 Å². The molecule has 126 valence electrons. The number of hydrogen-bond acceptors (Lipinski definition) is 5. The molecule has 0 bridgehead atoms. The molecule has 0 spiro atoms. The van der Waals surface area contributed by atoms with Gasteiger partial charge in [-0.3, -0.25) is 4.98 Å². The second-order valence-corrected chi connectivity index (χ2v) is 4.89. The average Bonchev–Trinajstić information content (AvgIpc) is 2.61. The van der Waals surface area contributed by atoms with Crippen molar-refractivity contribution in [2.75, 3.05) is 20.3 Å². The highest BCUT2D eigenvalue weighted by molar-refractivity contribution is 5.98. The Kier molecular flexibility index (Phi) is 5.95. The number of carbonyl (C=O) groups excluding carboxylic acids is 1. The minimum atomic E-state index is -0.431. The maximum atomic E-state index is 12.3. The van der Waals surface area contributed by atoms with Crippen molar-refractivity contribution in [2.45, 2.75) is 13.8 Å². The van der Waals surface area contributed by atoms with Gasteiger partial charge in [0.05, 0.1) is 25.9 Å². The molecule has 2 aromatic rings. The van der Waals surface area contributed by atoms with Crippen LogP contribution in [0.5, 0.6) is 5.75 Å². The van der Waals surface area contributed by atoms with Crippen LogP contribution in [0.15, 0.2) is 43.1 Å². The molecule has 0 fully saturated rings. The highest BCUT2D eigenvalue weighted by Crippen LogP contribution is 2.33. The molecular formula is C19H21NO4. The van der Waals surface area contributed by atoms with E-state index in [2.05, 4.69) is 11.6 Å². The Balaban J connectivity index is 2.61. The van der Waals surface area contributed by atoms with Gasteiger partial charge < -0.3 is 14.2 Å². The number of hydrogen-bond donors (Lipinski definition) is 0. The van der Waals surface area contributed by atoms with E-state index < -0.39 is 5.97 Å². The molecule has 2 rings (SSSR count). The molecule has 1 aromatic heterocycles. The Morgan fingerprint density at radius 3 is 2.50 bits per heavy atom. The van der Waals surface area contributed by atoms with Crippen molar-refractivity contribution in [3.05, 3.63) is 54.4 Å². The van der Waals surface area contributed by atoms with Crippen LogP contribution in [0.25, 0.3) is 16.9 Å². The lowest BCUT2D eigenvalue weighted by molar-refractivity contribution is 0.0527. The fraction of sp³-hybridized carbons (Fsp3) is 0.263. The van der Waals surface area contributed by atoms with Gasteiger partial charge in [-0.2, -0.15) is 0 Å². The normalized spacial score (nSPS) is 10.1. The van der Waals surface area contributed by atoms with Crippen molar-refractivity contribution in [1.29, 1.82) is 0 Å². The van der Waals surface area contributed by atoms with Gasteiger partial charge in [0.15, 0.2) is 0 Å². The highest BCUT2D eigenvalue weighted by atomic mass is 16.5. The molecular weight excluding hydrogens is 306 g/mol. The lowest BCUT2D eigenvalue weighted by Gasteiger charge is -2.14. The van der Waals surface area contributed by atoms with E-state index in [9.17, 15) is 4.79 Å². The Morgan fingerprint density at radius 1 is 1.12 bits per heavy atom. The summed E-state index contributed by atoms with van der Waals surface area (Å²) in [5, 5.41) is 0. The molecule has 5 nitrogen and oxygen atoms in total. The zero-order chi connectivity index (χ0) is 17.5. The number of aromatic nitrogens is 1. The number of esters is 1. The topological polar surface area (TPSA) is 57.7 Å². The van der Waals surface area contributed by atoms with E-state index in [0.717, 1.165) is 5.56 Å². The first-order valence-electron chi connectivity index (χ1n) is 7.75. The first-order chi connectivity index (χ1) is 11.6. The van der Waals surface area contributed by atoms with Gasteiger partial charge >= 0.3 is 5.97 Å². The summed E-state index contributed by atoms with van der Waals surface area (Å²) in [7, 11) is 1.59. The molecule has 0 amide bonds. The fourth-order valence-electron chi connectivity index (χ4n) is 2.32. The summed E-state index contributed by atoms with van der Waals surface area (Å²) < 4.78 is 16.0. The van der Waals surface area contributed by atoms with Gasteiger partial charge in [-0.15, -0.1) is 0 Å². The summed E-state index contributed by atoms with van der Waals surface area (Å²) in [4.78, 5) is 16.6. The quantitative estimate of drug-likeness (QED) is 0.569. The van der Waals surface area contributed by atoms with E-state index in [1.54, 1.807) is 20.1 Å². The SMILES string of the molecule is C=C(OCC)c1cc(-c2ccccc2OC)c(C(=O)OCC)cn1. The lowest BCUT2D eigenvalue weighted by atomic mass is 9.99. The lowest BCUT2D eigenvalue weighted by Crippen LogP contribution is -2.08. The zero-order valence-corrected chi connectivity index (χ0v) is 14.2. The van der Waals surface area contributed by atoms with E-state index in [4.69, 9.17) is 14.2 Å². The number of benzene rings is 1. The molecule has 1 aromatic carbocycles. The Morgan fingerprint density at radius 2 is 1.83 bits per heavy atom. The minimum Gasteiger partial charge on any atom is -0.496 e. The number of rotatable bonds is 7. The molecule has 0 aliphatic carbocycles. The zero-order valence-electron chi connectivity index (χ0n) is 14.2. The van der Waals surface area contributed by atoms with E-state index in [0.29, 0.717) is 34.9 Å². The van der Waals surface area contributed by atoms with E-state index in [-0.39, 0.29) is 6.61 Å². The van der Waals surface area contributed by atoms with Crippen LogP contribution >= 0.6 is 0 Å². The van der Waals surface area contributed by atoms with Crippen LogP contribution in [0.3, 0.4) is 0 Å². The monoisotopic (exact) mass is 327 g/mol. The maximum Gasteiger partial charge on any atom is 0.340 e. The molecule has 1 heterocycles. The number of para-hydroxylation sites is 1. The summed E-state index contributed by atoms with van der Waals surface area (Å²) in [6, 6.07) is 9.23. The van der Waals surface area contributed by atoms with Gasteiger partial charge in [0.1, 0.15) is 17.2 Å². The minimum absolute atomic E-state index is 0.289. The predicted octanol–water partition coefficient (Wildman–Crippen LogP) is 3.94. The molecule has 24 heavy (non-hydrogen) atoms. The second kappa shape index (κ2) is 8.15. The molecule has 0 N–H and O–H groups in total.